The molecule has 2 aromatic rings. The molecule has 1 aliphatic heterocycles. The molecule has 27 heavy (non-hydrogen) atoms. The summed E-state index contributed by atoms with van der Waals surface area (Å²) in [6.45, 7) is 1.59. The third kappa shape index (κ3) is 5.23. The highest BCUT2D eigenvalue weighted by atomic mass is 16.5. The molecule has 6 heteroatoms. The average Bonchev–Trinajstić information content (AvgIpc) is 2.73. The van der Waals surface area contributed by atoms with E-state index < -0.39 is 0 Å². The minimum absolute atomic E-state index is 0.0549. The summed E-state index contributed by atoms with van der Waals surface area (Å²) in [4.78, 5) is 26.7. The number of carbonyl (C=O) groups excluding carboxylic acids is 2. The van der Waals surface area contributed by atoms with Gasteiger partial charge in [-0.15, -0.1) is 0 Å². The van der Waals surface area contributed by atoms with Crippen LogP contribution >= 0.6 is 0 Å². The smallest absolute Gasteiger partial charge is 0.317 e. The van der Waals surface area contributed by atoms with Crippen LogP contribution in [0, 0.1) is 5.92 Å². The number of ether oxygens (including phenoxy) is 1. The van der Waals surface area contributed by atoms with Crippen molar-refractivity contribution in [3.63, 3.8) is 0 Å². The van der Waals surface area contributed by atoms with Crippen LogP contribution in [0.25, 0.3) is 0 Å². The molecule has 0 aliphatic carbocycles. The molecule has 1 aliphatic rings. The Morgan fingerprint density at radius 1 is 1.11 bits per heavy atom. The SMILES string of the molecule is COc1ccc(NC(=O)[C@H]2CCCN(C(=O)NCc3ccccc3)C2)cc1. The number of benzene rings is 2. The summed E-state index contributed by atoms with van der Waals surface area (Å²) in [6.07, 6.45) is 1.60. The first-order valence-electron chi connectivity index (χ1n) is 9.17. The zero-order valence-electron chi connectivity index (χ0n) is 15.5. The largest absolute Gasteiger partial charge is 0.497 e. The molecule has 3 amide bonds. The Hall–Kier alpha value is -3.02. The van der Waals surface area contributed by atoms with Crippen molar-refractivity contribution >= 4 is 17.6 Å². The fraction of sp³-hybridized carbons (Fsp3) is 0.333. The molecule has 1 fully saturated rings. The van der Waals surface area contributed by atoms with E-state index in [9.17, 15) is 9.59 Å². The van der Waals surface area contributed by atoms with E-state index in [1.807, 2.05) is 42.5 Å². The van der Waals surface area contributed by atoms with Crippen LogP contribution in [0.5, 0.6) is 5.75 Å². The Morgan fingerprint density at radius 3 is 2.56 bits per heavy atom. The van der Waals surface area contributed by atoms with Crippen molar-refractivity contribution in [2.45, 2.75) is 19.4 Å². The lowest BCUT2D eigenvalue weighted by atomic mass is 9.97. The summed E-state index contributed by atoms with van der Waals surface area (Å²) in [7, 11) is 1.60. The number of piperidine rings is 1. The van der Waals surface area contributed by atoms with Gasteiger partial charge in [0.25, 0.3) is 0 Å². The molecule has 2 aromatic carbocycles. The lowest BCUT2D eigenvalue weighted by Gasteiger charge is -2.32. The fourth-order valence-electron chi connectivity index (χ4n) is 3.18. The summed E-state index contributed by atoms with van der Waals surface area (Å²) in [5.74, 6) is 0.482. The number of urea groups is 1. The average molecular weight is 367 g/mol. The van der Waals surface area contributed by atoms with Crippen LogP contribution < -0.4 is 15.4 Å². The Balaban J connectivity index is 1.51. The molecule has 0 unspecified atom stereocenters. The highest BCUT2D eigenvalue weighted by Crippen LogP contribution is 2.20. The number of methoxy groups -OCH3 is 1. The molecule has 0 aromatic heterocycles. The molecule has 2 N–H and O–H groups in total. The normalized spacial score (nSPS) is 16.5. The first kappa shape index (κ1) is 18.8. The van der Waals surface area contributed by atoms with E-state index in [1.54, 1.807) is 24.1 Å². The van der Waals surface area contributed by atoms with Gasteiger partial charge < -0.3 is 20.3 Å². The topological polar surface area (TPSA) is 70.7 Å². The van der Waals surface area contributed by atoms with E-state index in [0.29, 0.717) is 19.6 Å². The predicted molar refractivity (Wildman–Crippen MR) is 105 cm³/mol. The number of nitrogens with one attached hydrogen (secondary N) is 2. The Labute approximate surface area is 159 Å². The van der Waals surface area contributed by atoms with E-state index in [4.69, 9.17) is 4.74 Å². The predicted octanol–water partition coefficient (Wildman–Crippen LogP) is 3.26. The molecular formula is C21H25N3O3. The van der Waals surface area contributed by atoms with Gasteiger partial charge in [0.15, 0.2) is 0 Å². The number of nitrogens with zero attached hydrogens (tertiary/aromatic N) is 1. The standard InChI is InChI=1S/C21H25N3O3/c1-27-19-11-9-18(10-12-19)23-20(25)17-8-5-13-24(15-17)21(26)22-14-16-6-3-2-4-7-16/h2-4,6-7,9-12,17H,5,8,13-15H2,1H3,(H,22,26)(H,23,25)/t17-/m0/s1. The third-order valence-electron chi connectivity index (χ3n) is 4.72. The molecule has 142 valence electrons. The molecule has 6 nitrogen and oxygen atoms in total. The van der Waals surface area contributed by atoms with Gasteiger partial charge in [-0.1, -0.05) is 30.3 Å². The minimum atomic E-state index is -0.205. The summed E-state index contributed by atoms with van der Waals surface area (Å²) in [5, 5.41) is 5.86. The lowest BCUT2D eigenvalue weighted by Crippen LogP contribution is -2.47. The van der Waals surface area contributed by atoms with Crippen LogP contribution in [-0.2, 0) is 11.3 Å². The van der Waals surface area contributed by atoms with Gasteiger partial charge in [-0.25, -0.2) is 4.79 Å². The number of anilines is 1. The maximum absolute atomic E-state index is 12.6. The lowest BCUT2D eigenvalue weighted by molar-refractivity contribution is -0.121. The van der Waals surface area contributed by atoms with Gasteiger partial charge in [-0.3, -0.25) is 4.79 Å². The van der Waals surface area contributed by atoms with Crippen LogP contribution in [-0.4, -0.2) is 37.0 Å². The molecule has 1 saturated heterocycles. The summed E-state index contributed by atoms with van der Waals surface area (Å²) < 4.78 is 5.12. The second kappa shape index (κ2) is 9.07. The van der Waals surface area contributed by atoms with E-state index >= 15 is 0 Å². The minimum Gasteiger partial charge on any atom is -0.497 e. The number of hydrogen-bond donors (Lipinski definition) is 2. The van der Waals surface area contributed by atoms with Crippen LogP contribution in [0.3, 0.4) is 0 Å². The van der Waals surface area contributed by atoms with Gasteiger partial charge in [0, 0.05) is 25.3 Å². The van der Waals surface area contributed by atoms with Gasteiger partial charge in [0.05, 0.1) is 13.0 Å². The third-order valence-corrected chi connectivity index (χ3v) is 4.72. The van der Waals surface area contributed by atoms with Crippen LogP contribution in [0.1, 0.15) is 18.4 Å². The highest BCUT2D eigenvalue weighted by molar-refractivity contribution is 5.93. The molecule has 0 radical (unpaired) electrons. The molecular weight excluding hydrogens is 342 g/mol. The molecule has 0 bridgehead atoms. The molecule has 0 saturated carbocycles. The quantitative estimate of drug-likeness (QED) is 0.852. The van der Waals surface area contributed by atoms with E-state index in [-0.39, 0.29) is 17.9 Å². The van der Waals surface area contributed by atoms with E-state index in [1.165, 1.54) is 0 Å². The van der Waals surface area contributed by atoms with Crippen molar-refractivity contribution in [2.24, 2.45) is 5.92 Å². The van der Waals surface area contributed by atoms with Gasteiger partial charge in [0.1, 0.15) is 5.75 Å². The monoisotopic (exact) mass is 367 g/mol. The Kier molecular flexibility index (Phi) is 6.30. The maximum atomic E-state index is 12.6. The van der Waals surface area contributed by atoms with Crippen LogP contribution in [0.15, 0.2) is 54.6 Å². The molecule has 3 rings (SSSR count). The second-order valence-electron chi connectivity index (χ2n) is 6.65. The van der Waals surface area contributed by atoms with Crippen molar-refractivity contribution in [3.05, 3.63) is 60.2 Å². The number of likely N-dealkylation sites (tertiary alicyclic amines) is 1. The number of rotatable bonds is 5. The highest BCUT2D eigenvalue weighted by Gasteiger charge is 2.28. The van der Waals surface area contributed by atoms with Crippen LogP contribution in [0.2, 0.25) is 0 Å². The summed E-state index contributed by atoms with van der Waals surface area (Å²) >= 11 is 0. The van der Waals surface area contributed by atoms with Gasteiger partial charge in [-0.05, 0) is 42.7 Å². The first-order chi connectivity index (χ1) is 13.2. The van der Waals surface area contributed by atoms with Crippen LogP contribution in [0.4, 0.5) is 10.5 Å². The zero-order chi connectivity index (χ0) is 19.1. The van der Waals surface area contributed by atoms with Crippen molar-refractivity contribution in [1.29, 1.82) is 0 Å². The molecule has 1 atom stereocenters. The summed E-state index contributed by atoms with van der Waals surface area (Å²) in [5.41, 5.74) is 1.78. The molecule has 1 heterocycles. The van der Waals surface area contributed by atoms with Gasteiger partial charge >= 0.3 is 6.03 Å². The molecule has 0 spiro atoms. The Bertz CT molecular complexity index is 762. The van der Waals surface area contributed by atoms with Crippen molar-refractivity contribution in [3.8, 4) is 5.75 Å². The zero-order valence-corrected chi connectivity index (χ0v) is 15.5. The van der Waals surface area contributed by atoms with Crippen molar-refractivity contribution in [1.82, 2.24) is 10.2 Å². The maximum Gasteiger partial charge on any atom is 0.317 e. The van der Waals surface area contributed by atoms with E-state index in [0.717, 1.165) is 29.8 Å². The second-order valence-corrected chi connectivity index (χ2v) is 6.65. The van der Waals surface area contributed by atoms with Gasteiger partial charge in [-0.2, -0.15) is 0 Å². The first-order valence-corrected chi connectivity index (χ1v) is 9.17. The fourth-order valence-corrected chi connectivity index (χ4v) is 3.18. The number of hydrogen-bond acceptors (Lipinski definition) is 3. The van der Waals surface area contributed by atoms with Crippen molar-refractivity contribution < 1.29 is 14.3 Å². The van der Waals surface area contributed by atoms with E-state index in [2.05, 4.69) is 10.6 Å². The number of amides is 3. The number of carbonyl (C=O) groups is 2. The van der Waals surface area contributed by atoms with Crippen molar-refractivity contribution in [2.75, 3.05) is 25.5 Å². The summed E-state index contributed by atoms with van der Waals surface area (Å²) in [6, 6.07) is 16.9. The van der Waals surface area contributed by atoms with Gasteiger partial charge in [0.2, 0.25) is 5.91 Å². The Morgan fingerprint density at radius 2 is 1.85 bits per heavy atom.